The molecule has 1 N–H and O–H groups in total. The summed E-state index contributed by atoms with van der Waals surface area (Å²) in [5.41, 5.74) is 1.77. The lowest BCUT2D eigenvalue weighted by Crippen LogP contribution is -2.40. The molecule has 0 radical (unpaired) electrons. The molecule has 0 aromatic heterocycles. The summed E-state index contributed by atoms with van der Waals surface area (Å²) in [6.45, 7) is 4.67. The number of amides is 1. The monoisotopic (exact) mass is 381 g/mol. The van der Waals surface area contributed by atoms with E-state index in [2.05, 4.69) is 4.72 Å². The first kappa shape index (κ1) is 21.6. The number of nitrogens with zero attached hydrogens (tertiary/aromatic N) is 2. The second-order valence-corrected chi connectivity index (χ2v) is 7.64. The highest BCUT2D eigenvalue weighted by atomic mass is 32.2. The molecule has 0 aliphatic rings. The third kappa shape index (κ3) is 6.13. The minimum atomic E-state index is -3.86. The van der Waals surface area contributed by atoms with Crippen molar-refractivity contribution in [1.29, 1.82) is 5.26 Å². The van der Waals surface area contributed by atoms with Crippen LogP contribution in [-0.2, 0) is 24.3 Å². The summed E-state index contributed by atoms with van der Waals surface area (Å²) >= 11 is 0. The highest BCUT2D eigenvalue weighted by Gasteiger charge is 2.23. The zero-order valence-corrected chi connectivity index (χ0v) is 16.1. The van der Waals surface area contributed by atoms with Crippen molar-refractivity contribution in [1.82, 2.24) is 9.62 Å². The van der Waals surface area contributed by atoms with E-state index in [1.165, 1.54) is 31.0 Å². The molecule has 0 spiro atoms. The lowest BCUT2D eigenvalue weighted by atomic mass is 10.1. The van der Waals surface area contributed by atoms with Crippen LogP contribution in [0.5, 0.6) is 0 Å². The van der Waals surface area contributed by atoms with E-state index in [-0.39, 0.29) is 17.9 Å². The molecule has 8 nitrogen and oxygen atoms in total. The molecule has 0 aliphatic heterocycles. The van der Waals surface area contributed by atoms with Gasteiger partial charge in [-0.15, -0.1) is 0 Å². The molecule has 0 aliphatic carbocycles. The number of nitriles is 1. The number of esters is 1. The average molecular weight is 381 g/mol. The van der Waals surface area contributed by atoms with Crippen molar-refractivity contribution in [2.75, 3.05) is 20.1 Å². The fourth-order valence-corrected chi connectivity index (χ4v) is 3.10. The van der Waals surface area contributed by atoms with Crippen LogP contribution in [0.2, 0.25) is 0 Å². The Morgan fingerprint density at radius 3 is 2.54 bits per heavy atom. The summed E-state index contributed by atoms with van der Waals surface area (Å²) in [6, 6.07) is 6.56. The van der Waals surface area contributed by atoms with Gasteiger partial charge in [0.05, 0.1) is 17.4 Å². The van der Waals surface area contributed by atoms with Crippen molar-refractivity contribution in [2.45, 2.75) is 38.2 Å². The predicted molar refractivity (Wildman–Crippen MR) is 94.5 cm³/mol. The standard InChI is InChI=1S/C17H23N3O5S/c1-12-6-7-15(10-13(12)2)26(23,24)19-11-16(21)25-14(3)17(22)20(4)9-5-8-18/h6-7,10,14,19H,5,9,11H2,1-4H3/t14-/m0/s1. The number of nitrogens with one attached hydrogen (secondary N) is 1. The van der Waals surface area contributed by atoms with Crippen molar-refractivity contribution >= 4 is 21.9 Å². The number of hydrogen-bond acceptors (Lipinski definition) is 6. The molecule has 0 saturated carbocycles. The molecular weight excluding hydrogens is 358 g/mol. The Balaban J connectivity index is 2.61. The maximum Gasteiger partial charge on any atom is 0.321 e. The Kier molecular flexibility index (Phi) is 7.74. The quantitative estimate of drug-likeness (QED) is 0.668. The van der Waals surface area contributed by atoms with Gasteiger partial charge in [0.1, 0.15) is 6.54 Å². The van der Waals surface area contributed by atoms with E-state index >= 15 is 0 Å². The predicted octanol–water partition coefficient (Wildman–Crippen LogP) is 0.886. The third-order valence-electron chi connectivity index (χ3n) is 3.79. The summed E-state index contributed by atoms with van der Waals surface area (Å²) in [5, 5.41) is 8.51. The highest BCUT2D eigenvalue weighted by molar-refractivity contribution is 7.89. The van der Waals surface area contributed by atoms with Gasteiger partial charge < -0.3 is 9.64 Å². The molecule has 26 heavy (non-hydrogen) atoms. The lowest BCUT2D eigenvalue weighted by molar-refractivity contribution is -0.157. The topological polar surface area (TPSA) is 117 Å². The van der Waals surface area contributed by atoms with Gasteiger partial charge in [0.25, 0.3) is 5.91 Å². The van der Waals surface area contributed by atoms with Gasteiger partial charge in [-0.2, -0.15) is 9.98 Å². The Morgan fingerprint density at radius 2 is 1.96 bits per heavy atom. The number of aryl methyl sites for hydroxylation is 2. The Labute approximate surface area is 153 Å². The van der Waals surface area contributed by atoms with Gasteiger partial charge >= 0.3 is 5.97 Å². The molecule has 0 fully saturated rings. The van der Waals surface area contributed by atoms with Crippen molar-refractivity contribution in [2.24, 2.45) is 0 Å². The number of carbonyl (C=O) groups excluding carboxylic acids is 2. The van der Waals surface area contributed by atoms with Crippen LogP contribution in [0.1, 0.15) is 24.5 Å². The molecule has 142 valence electrons. The van der Waals surface area contributed by atoms with Gasteiger partial charge in [-0.25, -0.2) is 8.42 Å². The minimum Gasteiger partial charge on any atom is -0.452 e. The number of carbonyl (C=O) groups is 2. The van der Waals surface area contributed by atoms with Crippen molar-refractivity contribution in [3.8, 4) is 6.07 Å². The van der Waals surface area contributed by atoms with Crippen LogP contribution in [-0.4, -0.2) is 51.4 Å². The minimum absolute atomic E-state index is 0.0498. The van der Waals surface area contributed by atoms with Crippen LogP contribution >= 0.6 is 0 Å². The molecular formula is C17H23N3O5S. The summed E-state index contributed by atoms with van der Waals surface area (Å²) in [6.07, 6.45) is -0.907. The van der Waals surface area contributed by atoms with Crippen molar-refractivity contribution < 1.29 is 22.7 Å². The zero-order valence-electron chi connectivity index (χ0n) is 15.3. The fourth-order valence-electron chi connectivity index (χ4n) is 2.05. The number of ether oxygens (including phenoxy) is 1. The molecule has 1 rings (SSSR count). The van der Waals surface area contributed by atoms with Crippen molar-refractivity contribution in [3.63, 3.8) is 0 Å². The Morgan fingerprint density at radius 1 is 1.31 bits per heavy atom. The fraction of sp³-hybridized carbons (Fsp3) is 0.471. The first-order valence-corrected chi connectivity index (χ1v) is 9.45. The van der Waals surface area contributed by atoms with E-state index in [4.69, 9.17) is 10.00 Å². The Hall–Kier alpha value is -2.44. The molecule has 1 aromatic rings. The van der Waals surface area contributed by atoms with E-state index in [1.54, 1.807) is 13.0 Å². The molecule has 0 saturated heterocycles. The van der Waals surface area contributed by atoms with Gasteiger partial charge in [0.15, 0.2) is 6.10 Å². The van der Waals surface area contributed by atoms with Crippen LogP contribution in [0, 0.1) is 25.2 Å². The van der Waals surface area contributed by atoms with Gasteiger partial charge in [-0.3, -0.25) is 9.59 Å². The lowest BCUT2D eigenvalue weighted by Gasteiger charge is -2.20. The number of rotatable bonds is 8. The molecule has 0 bridgehead atoms. The first-order chi connectivity index (χ1) is 12.1. The van der Waals surface area contributed by atoms with E-state index in [0.717, 1.165) is 11.1 Å². The van der Waals surface area contributed by atoms with Gasteiger partial charge in [-0.05, 0) is 44.0 Å². The van der Waals surface area contributed by atoms with E-state index in [9.17, 15) is 18.0 Å². The Bertz CT molecular complexity index is 814. The van der Waals surface area contributed by atoms with Gasteiger partial charge in [-0.1, -0.05) is 6.07 Å². The maximum atomic E-state index is 12.2. The van der Waals surface area contributed by atoms with E-state index in [1.807, 2.05) is 13.0 Å². The number of sulfonamides is 1. The van der Waals surface area contributed by atoms with Crippen LogP contribution in [0.15, 0.2) is 23.1 Å². The number of likely N-dealkylation sites (N-methyl/N-ethyl adjacent to an activating group) is 1. The highest BCUT2D eigenvalue weighted by Crippen LogP contribution is 2.14. The molecule has 9 heteroatoms. The molecule has 1 atom stereocenters. The molecule has 0 heterocycles. The smallest absolute Gasteiger partial charge is 0.321 e. The van der Waals surface area contributed by atoms with Gasteiger partial charge in [0, 0.05) is 13.6 Å². The van der Waals surface area contributed by atoms with E-state index < -0.39 is 34.5 Å². The molecule has 1 aromatic carbocycles. The van der Waals surface area contributed by atoms with E-state index in [0.29, 0.717) is 0 Å². The van der Waals surface area contributed by atoms with Crippen LogP contribution in [0.3, 0.4) is 0 Å². The number of hydrogen-bond donors (Lipinski definition) is 1. The second kappa shape index (κ2) is 9.31. The van der Waals surface area contributed by atoms with Gasteiger partial charge in [0.2, 0.25) is 10.0 Å². The average Bonchev–Trinajstić information content (AvgIpc) is 2.59. The molecule has 0 unspecified atom stereocenters. The van der Waals surface area contributed by atoms with Crippen molar-refractivity contribution in [3.05, 3.63) is 29.3 Å². The van der Waals surface area contributed by atoms with Crippen LogP contribution < -0.4 is 4.72 Å². The summed E-state index contributed by atoms with van der Waals surface area (Å²) < 4.78 is 31.5. The summed E-state index contributed by atoms with van der Waals surface area (Å²) in [7, 11) is -2.37. The normalized spacial score (nSPS) is 12.1. The summed E-state index contributed by atoms with van der Waals surface area (Å²) in [5.74, 6) is -1.34. The number of benzene rings is 1. The largest absolute Gasteiger partial charge is 0.452 e. The van der Waals surface area contributed by atoms with Crippen LogP contribution in [0.4, 0.5) is 0 Å². The first-order valence-electron chi connectivity index (χ1n) is 7.97. The van der Waals surface area contributed by atoms with Crippen LogP contribution in [0.25, 0.3) is 0 Å². The maximum absolute atomic E-state index is 12.2. The zero-order chi connectivity index (χ0) is 19.9. The molecule has 1 amide bonds. The summed E-state index contributed by atoms with van der Waals surface area (Å²) in [4.78, 5) is 25.1. The SMILES string of the molecule is Cc1ccc(S(=O)(=O)NCC(=O)O[C@@H](C)C(=O)N(C)CCC#N)cc1C. The second-order valence-electron chi connectivity index (χ2n) is 5.87. The third-order valence-corrected chi connectivity index (χ3v) is 5.19.